The molecule has 0 bridgehead atoms. The maximum atomic E-state index is 12.8. The summed E-state index contributed by atoms with van der Waals surface area (Å²) in [7, 11) is 0. The van der Waals surface area contributed by atoms with E-state index >= 15 is 0 Å². The van der Waals surface area contributed by atoms with E-state index in [0.717, 1.165) is 23.7 Å². The van der Waals surface area contributed by atoms with Crippen LogP contribution in [-0.4, -0.2) is 23.3 Å². The number of Topliss-reactive ketones (excluding diaryl/α,β-unsaturated/α-hetero) is 1. The SMILES string of the molecule is CCC1C2CCC3CC(C)CCC3(C)C2CCC1(C)CC(=O)CN(N)/N=C(/C)N. The van der Waals surface area contributed by atoms with Crippen molar-refractivity contribution in [3.63, 3.8) is 0 Å². The van der Waals surface area contributed by atoms with Crippen molar-refractivity contribution in [1.29, 1.82) is 0 Å². The van der Waals surface area contributed by atoms with Gasteiger partial charge in [0.15, 0.2) is 5.78 Å². The van der Waals surface area contributed by atoms with E-state index < -0.39 is 0 Å². The zero-order valence-corrected chi connectivity index (χ0v) is 19.4. The molecule has 0 saturated heterocycles. The summed E-state index contributed by atoms with van der Waals surface area (Å²) in [5.74, 6) is 10.5. The van der Waals surface area contributed by atoms with Gasteiger partial charge < -0.3 is 5.73 Å². The minimum atomic E-state index is 0.0838. The lowest BCUT2D eigenvalue weighted by Gasteiger charge is -2.61. The Labute approximate surface area is 178 Å². The molecule has 29 heavy (non-hydrogen) atoms. The number of nitrogens with two attached hydrogens (primary N) is 2. The first-order valence-electron chi connectivity index (χ1n) is 11.9. The van der Waals surface area contributed by atoms with Crippen LogP contribution in [0.2, 0.25) is 0 Å². The molecule has 7 atom stereocenters. The topological polar surface area (TPSA) is 84.7 Å². The molecule has 3 fully saturated rings. The van der Waals surface area contributed by atoms with Crippen molar-refractivity contribution in [3.05, 3.63) is 0 Å². The summed E-state index contributed by atoms with van der Waals surface area (Å²) < 4.78 is 0. The first-order valence-corrected chi connectivity index (χ1v) is 11.9. The second kappa shape index (κ2) is 8.56. The van der Waals surface area contributed by atoms with Crippen molar-refractivity contribution in [2.24, 2.45) is 57.1 Å². The molecule has 0 radical (unpaired) electrons. The fourth-order valence-electron chi connectivity index (χ4n) is 7.81. The van der Waals surface area contributed by atoms with Crippen LogP contribution in [0.15, 0.2) is 5.10 Å². The summed E-state index contributed by atoms with van der Waals surface area (Å²) in [6.45, 7) is 11.6. The van der Waals surface area contributed by atoms with E-state index in [1.807, 2.05) is 0 Å². The van der Waals surface area contributed by atoms with Crippen molar-refractivity contribution in [3.8, 4) is 0 Å². The zero-order chi connectivity index (χ0) is 21.4. The van der Waals surface area contributed by atoms with Gasteiger partial charge in [-0.05, 0) is 85.9 Å². The summed E-state index contributed by atoms with van der Waals surface area (Å²) in [5.41, 5.74) is 6.19. The van der Waals surface area contributed by atoms with Crippen molar-refractivity contribution >= 4 is 11.6 Å². The van der Waals surface area contributed by atoms with Crippen LogP contribution in [0, 0.1) is 40.4 Å². The van der Waals surface area contributed by atoms with Gasteiger partial charge in [0.25, 0.3) is 0 Å². The number of rotatable bonds is 6. The van der Waals surface area contributed by atoms with Crippen LogP contribution >= 0.6 is 0 Å². The van der Waals surface area contributed by atoms with Gasteiger partial charge in [-0.15, -0.1) is 5.10 Å². The number of hydrazine groups is 1. The predicted octanol–water partition coefficient (Wildman–Crippen LogP) is 4.71. The molecule has 0 spiro atoms. The largest absolute Gasteiger partial charge is 0.386 e. The molecule has 7 unspecified atom stereocenters. The number of carbonyl (C=O) groups excluding carboxylic acids is 1. The number of nitrogens with zero attached hydrogens (tertiary/aromatic N) is 2. The van der Waals surface area contributed by atoms with Crippen LogP contribution in [-0.2, 0) is 4.79 Å². The molecule has 3 saturated carbocycles. The fourth-order valence-corrected chi connectivity index (χ4v) is 7.81. The lowest BCUT2D eigenvalue weighted by molar-refractivity contribution is -0.136. The second-order valence-corrected chi connectivity index (χ2v) is 11.2. The van der Waals surface area contributed by atoms with Gasteiger partial charge in [0, 0.05) is 6.42 Å². The molecule has 3 aliphatic rings. The number of hydrogen-bond acceptors (Lipinski definition) is 4. The van der Waals surface area contributed by atoms with Gasteiger partial charge in [-0.1, -0.05) is 40.5 Å². The van der Waals surface area contributed by atoms with E-state index in [9.17, 15) is 4.79 Å². The fraction of sp³-hybridized carbons (Fsp3) is 0.917. The molecule has 0 aromatic heterocycles. The quantitative estimate of drug-likeness (QED) is 0.291. The summed E-state index contributed by atoms with van der Waals surface area (Å²) >= 11 is 0. The molecular weight excluding hydrogens is 360 g/mol. The van der Waals surface area contributed by atoms with Crippen LogP contribution < -0.4 is 11.6 Å². The number of fused-ring (bicyclic) bond motifs is 3. The van der Waals surface area contributed by atoms with Gasteiger partial charge in [-0.25, -0.2) is 11.0 Å². The molecular formula is C24H44N4O. The Morgan fingerprint density at radius 1 is 1.17 bits per heavy atom. The molecule has 4 N–H and O–H groups in total. The van der Waals surface area contributed by atoms with Gasteiger partial charge in [0.1, 0.15) is 12.4 Å². The van der Waals surface area contributed by atoms with E-state index in [1.54, 1.807) is 6.92 Å². The van der Waals surface area contributed by atoms with E-state index in [0.29, 0.717) is 23.6 Å². The number of amidine groups is 1. The molecule has 0 aromatic rings. The lowest BCUT2D eigenvalue weighted by Crippen LogP contribution is -2.54. The molecule has 3 rings (SSSR count). The molecule has 166 valence electrons. The van der Waals surface area contributed by atoms with Gasteiger partial charge in [0.2, 0.25) is 0 Å². The highest BCUT2D eigenvalue weighted by Crippen LogP contribution is 2.64. The average Bonchev–Trinajstić information content (AvgIpc) is 2.60. The lowest BCUT2D eigenvalue weighted by atomic mass is 9.43. The van der Waals surface area contributed by atoms with Crippen LogP contribution in [0.1, 0.15) is 92.4 Å². The Morgan fingerprint density at radius 3 is 2.55 bits per heavy atom. The summed E-state index contributed by atoms with van der Waals surface area (Å²) in [4.78, 5) is 12.8. The normalized spacial score (nSPS) is 42.7. The van der Waals surface area contributed by atoms with Crippen molar-refractivity contribution in [1.82, 2.24) is 5.12 Å². The van der Waals surface area contributed by atoms with Crippen molar-refractivity contribution in [2.75, 3.05) is 6.54 Å². The van der Waals surface area contributed by atoms with Crippen LogP contribution in [0.3, 0.4) is 0 Å². The van der Waals surface area contributed by atoms with Gasteiger partial charge in [-0.3, -0.25) is 4.79 Å². The van der Waals surface area contributed by atoms with Crippen molar-refractivity contribution < 1.29 is 4.79 Å². The van der Waals surface area contributed by atoms with E-state index in [4.69, 9.17) is 11.6 Å². The Hall–Kier alpha value is -1.10. The molecule has 0 aliphatic heterocycles. The second-order valence-electron chi connectivity index (χ2n) is 11.2. The first kappa shape index (κ1) is 22.6. The summed E-state index contributed by atoms with van der Waals surface area (Å²) in [6, 6.07) is 0. The molecule has 5 nitrogen and oxygen atoms in total. The number of hydrazone groups is 1. The number of carbonyl (C=O) groups is 1. The van der Waals surface area contributed by atoms with Crippen LogP contribution in [0.25, 0.3) is 0 Å². The molecule has 3 aliphatic carbocycles. The van der Waals surface area contributed by atoms with E-state index in [-0.39, 0.29) is 17.7 Å². The highest BCUT2D eigenvalue weighted by molar-refractivity contribution is 5.81. The minimum Gasteiger partial charge on any atom is -0.386 e. The third-order valence-corrected chi connectivity index (χ3v) is 9.11. The smallest absolute Gasteiger partial charge is 0.156 e. The van der Waals surface area contributed by atoms with E-state index in [2.05, 4.69) is 32.8 Å². The standard InChI is InChI=1S/C24H44N4O/c1-6-21-20-8-7-18-13-16(2)9-12-24(18,5)22(20)10-11-23(21,4)14-19(29)15-28(26)27-17(3)25/h16,18,20-22H,6-15,26H2,1-5H3,(H2,25,27). The predicted molar refractivity (Wildman–Crippen MR) is 120 cm³/mol. The number of hydrogen-bond donors (Lipinski definition) is 2. The average molecular weight is 405 g/mol. The Bertz CT molecular complexity index is 630. The van der Waals surface area contributed by atoms with Crippen LogP contribution in [0.5, 0.6) is 0 Å². The third kappa shape index (κ3) is 4.50. The summed E-state index contributed by atoms with van der Waals surface area (Å²) in [6.07, 6.45) is 11.2. The minimum absolute atomic E-state index is 0.0838. The van der Waals surface area contributed by atoms with Gasteiger partial charge >= 0.3 is 0 Å². The van der Waals surface area contributed by atoms with Crippen molar-refractivity contribution in [2.45, 2.75) is 92.4 Å². The monoisotopic (exact) mass is 404 g/mol. The third-order valence-electron chi connectivity index (χ3n) is 9.11. The summed E-state index contributed by atoms with van der Waals surface area (Å²) in [5, 5.41) is 5.18. The Morgan fingerprint density at radius 2 is 1.90 bits per heavy atom. The van der Waals surface area contributed by atoms with Crippen LogP contribution in [0.4, 0.5) is 0 Å². The van der Waals surface area contributed by atoms with Gasteiger partial charge in [0.05, 0.1) is 0 Å². The molecule has 0 amide bonds. The molecule has 0 heterocycles. The highest BCUT2D eigenvalue weighted by Gasteiger charge is 2.56. The Kier molecular flexibility index (Phi) is 6.67. The molecule has 5 heteroatoms. The molecule has 0 aromatic carbocycles. The van der Waals surface area contributed by atoms with Gasteiger partial charge in [-0.2, -0.15) is 0 Å². The Balaban J connectivity index is 1.72. The van der Waals surface area contributed by atoms with E-state index in [1.165, 1.54) is 56.5 Å². The maximum Gasteiger partial charge on any atom is 0.156 e. The number of ketones is 1. The zero-order valence-electron chi connectivity index (χ0n) is 19.4. The first-order chi connectivity index (χ1) is 13.6. The maximum absolute atomic E-state index is 12.8. The highest BCUT2D eigenvalue weighted by atomic mass is 16.1.